The molecule has 0 bridgehead atoms. The van der Waals surface area contributed by atoms with Crippen LogP contribution in [-0.2, 0) is 32.9 Å². The zero-order valence-electron chi connectivity index (χ0n) is 23.8. The van der Waals surface area contributed by atoms with E-state index in [-0.39, 0.29) is 6.54 Å². The van der Waals surface area contributed by atoms with Gasteiger partial charge in [-0.1, -0.05) is 23.1 Å². The molecular weight excluding hydrogens is 531 g/mol. The third-order valence-electron chi connectivity index (χ3n) is 8.16. The molecule has 2 aliphatic carbocycles. The molecule has 9 nitrogen and oxygen atoms in total. The van der Waals surface area contributed by atoms with Crippen molar-refractivity contribution in [3.63, 3.8) is 0 Å². The summed E-state index contributed by atoms with van der Waals surface area (Å²) in [6.07, 6.45) is 3.59. The summed E-state index contributed by atoms with van der Waals surface area (Å²) in [7, 11) is 1.67. The number of fused-ring (bicyclic) bond motifs is 1. The van der Waals surface area contributed by atoms with Crippen molar-refractivity contribution >= 4 is 22.8 Å². The molecule has 41 heavy (non-hydrogen) atoms. The molecule has 4 aromatic rings. The van der Waals surface area contributed by atoms with Crippen LogP contribution in [0, 0.1) is 18.8 Å². The fourth-order valence-electron chi connectivity index (χ4n) is 5.60. The molecule has 6 rings (SSSR count). The zero-order valence-corrected chi connectivity index (χ0v) is 23.8. The molecule has 0 unspecified atom stereocenters. The van der Waals surface area contributed by atoms with Crippen LogP contribution < -0.4 is 9.80 Å². The summed E-state index contributed by atoms with van der Waals surface area (Å²) in [6, 6.07) is 6.27. The van der Waals surface area contributed by atoms with Crippen LogP contribution in [0.25, 0.3) is 11.0 Å². The minimum Gasteiger partial charge on any atom is -0.356 e. The van der Waals surface area contributed by atoms with Gasteiger partial charge in [-0.25, -0.2) is 9.67 Å². The van der Waals surface area contributed by atoms with E-state index in [2.05, 4.69) is 38.4 Å². The van der Waals surface area contributed by atoms with Gasteiger partial charge in [-0.2, -0.15) is 23.1 Å². The Balaban J connectivity index is 1.39. The van der Waals surface area contributed by atoms with Gasteiger partial charge in [0.2, 0.25) is 0 Å². The standard InChI is InChI=1S/C29H36F3N9/c1-4-39(15-20-6-5-7-20)26-24(13-23-14-33-41(27(23)34-26)17-21-8-9-21)18-40(28-35-37-38(3)36-28)16-22-10-19(2)11-25(12-22)29(30,31)32/h10-14,20-21H,4-9,15-18H2,1-3H3. The van der Waals surface area contributed by atoms with Crippen LogP contribution in [0.3, 0.4) is 0 Å². The van der Waals surface area contributed by atoms with E-state index in [1.165, 1.54) is 49.0 Å². The number of aromatic nitrogens is 7. The van der Waals surface area contributed by atoms with Gasteiger partial charge in [-0.05, 0) is 80.3 Å². The lowest BCUT2D eigenvalue weighted by Crippen LogP contribution is -2.34. The van der Waals surface area contributed by atoms with E-state index >= 15 is 0 Å². The summed E-state index contributed by atoms with van der Waals surface area (Å²) in [4.78, 5) is 10.8. The van der Waals surface area contributed by atoms with Crippen LogP contribution in [0.15, 0.2) is 30.5 Å². The molecule has 0 spiro atoms. The lowest BCUT2D eigenvalue weighted by atomic mass is 9.85. The highest BCUT2D eigenvalue weighted by Crippen LogP contribution is 2.35. The van der Waals surface area contributed by atoms with E-state index in [4.69, 9.17) is 4.98 Å². The highest BCUT2D eigenvalue weighted by molar-refractivity contribution is 5.79. The number of rotatable bonds is 11. The normalized spacial score (nSPS) is 15.9. The number of benzene rings is 1. The molecule has 218 valence electrons. The number of nitrogens with zero attached hydrogens (tertiary/aromatic N) is 9. The van der Waals surface area contributed by atoms with E-state index < -0.39 is 11.7 Å². The van der Waals surface area contributed by atoms with Crippen LogP contribution in [0.2, 0.25) is 0 Å². The van der Waals surface area contributed by atoms with E-state index in [9.17, 15) is 13.2 Å². The largest absolute Gasteiger partial charge is 0.416 e. The number of anilines is 2. The Bertz CT molecular complexity index is 1520. The van der Waals surface area contributed by atoms with Crippen LogP contribution in [0.5, 0.6) is 0 Å². The molecule has 0 saturated heterocycles. The topological polar surface area (TPSA) is 80.8 Å². The number of halogens is 3. The summed E-state index contributed by atoms with van der Waals surface area (Å²) in [5.74, 6) is 2.54. The Hall–Kier alpha value is -3.70. The summed E-state index contributed by atoms with van der Waals surface area (Å²) in [5, 5.41) is 18.3. The number of alkyl halides is 3. The van der Waals surface area contributed by atoms with E-state index in [0.717, 1.165) is 42.0 Å². The third-order valence-corrected chi connectivity index (χ3v) is 8.16. The summed E-state index contributed by atoms with van der Waals surface area (Å²) >= 11 is 0. The minimum atomic E-state index is -4.43. The average Bonchev–Trinajstić information content (AvgIpc) is 3.48. The number of hydrogen-bond acceptors (Lipinski definition) is 7. The molecule has 0 radical (unpaired) electrons. The van der Waals surface area contributed by atoms with E-state index in [1.54, 1.807) is 20.0 Å². The van der Waals surface area contributed by atoms with Gasteiger partial charge in [-0.3, -0.25) is 0 Å². The Morgan fingerprint density at radius 1 is 1.00 bits per heavy atom. The molecule has 2 saturated carbocycles. The maximum Gasteiger partial charge on any atom is 0.416 e. The molecule has 1 aromatic carbocycles. The highest BCUT2D eigenvalue weighted by atomic mass is 19.4. The maximum absolute atomic E-state index is 13.6. The quantitative estimate of drug-likeness (QED) is 0.236. The van der Waals surface area contributed by atoms with Gasteiger partial charge < -0.3 is 9.80 Å². The zero-order chi connectivity index (χ0) is 28.7. The fourth-order valence-corrected chi connectivity index (χ4v) is 5.60. The first-order valence-corrected chi connectivity index (χ1v) is 14.4. The van der Waals surface area contributed by atoms with Crippen molar-refractivity contribution in [1.29, 1.82) is 0 Å². The summed E-state index contributed by atoms with van der Waals surface area (Å²) in [6.45, 7) is 6.96. The minimum absolute atomic E-state index is 0.184. The summed E-state index contributed by atoms with van der Waals surface area (Å²) < 4.78 is 42.9. The second-order valence-corrected chi connectivity index (χ2v) is 11.6. The van der Waals surface area contributed by atoms with Crippen molar-refractivity contribution in [2.45, 2.75) is 71.8 Å². The first kappa shape index (κ1) is 27.5. The summed E-state index contributed by atoms with van der Waals surface area (Å²) in [5.41, 5.74) is 2.25. The molecule has 0 amide bonds. The first-order valence-electron chi connectivity index (χ1n) is 14.4. The molecule has 2 fully saturated rings. The lowest BCUT2D eigenvalue weighted by Gasteiger charge is -2.34. The van der Waals surface area contributed by atoms with Crippen LogP contribution in [-0.4, -0.2) is 48.1 Å². The Kier molecular flexibility index (Phi) is 7.33. The molecular formula is C29H36F3N9. The van der Waals surface area contributed by atoms with Gasteiger partial charge in [0.15, 0.2) is 5.65 Å². The van der Waals surface area contributed by atoms with Crippen LogP contribution in [0.4, 0.5) is 24.9 Å². The molecule has 3 aromatic heterocycles. The maximum atomic E-state index is 13.6. The molecule has 12 heteroatoms. The van der Waals surface area contributed by atoms with Gasteiger partial charge in [0, 0.05) is 43.7 Å². The predicted octanol–water partition coefficient (Wildman–Crippen LogP) is 5.53. The lowest BCUT2D eigenvalue weighted by molar-refractivity contribution is -0.137. The monoisotopic (exact) mass is 567 g/mol. The predicted molar refractivity (Wildman–Crippen MR) is 150 cm³/mol. The number of aryl methyl sites for hydroxylation is 2. The Labute approximate surface area is 237 Å². The van der Waals surface area contributed by atoms with Crippen LogP contribution in [0.1, 0.15) is 61.3 Å². The Morgan fingerprint density at radius 2 is 1.80 bits per heavy atom. The second-order valence-electron chi connectivity index (χ2n) is 11.6. The first-order chi connectivity index (χ1) is 19.7. The van der Waals surface area contributed by atoms with Gasteiger partial charge in [-0.15, -0.1) is 5.10 Å². The average molecular weight is 568 g/mol. The van der Waals surface area contributed by atoms with Crippen molar-refractivity contribution in [2.24, 2.45) is 18.9 Å². The number of hydrogen-bond donors (Lipinski definition) is 0. The molecule has 0 aliphatic heterocycles. The van der Waals surface area contributed by atoms with Gasteiger partial charge in [0.05, 0.1) is 18.8 Å². The van der Waals surface area contributed by atoms with Crippen molar-refractivity contribution in [1.82, 2.24) is 35.0 Å². The highest BCUT2D eigenvalue weighted by Gasteiger charge is 2.31. The molecule has 0 atom stereocenters. The van der Waals surface area contributed by atoms with Crippen LogP contribution >= 0.6 is 0 Å². The smallest absolute Gasteiger partial charge is 0.356 e. The van der Waals surface area contributed by atoms with Crippen molar-refractivity contribution in [3.05, 3.63) is 52.7 Å². The van der Waals surface area contributed by atoms with E-state index in [1.807, 2.05) is 15.8 Å². The number of pyridine rings is 1. The van der Waals surface area contributed by atoms with Gasteiger partial charge in [0.1, 0.15) is 5.82 Å². The second kappa shape index (κ2) is 10.9. The van der Waals surface area contributed by atoms with Crippen molar-refractivity contribution in [2.75, 3.05) is 22.9 Å². The van der Waals surface area contributed by atoms with Gasteiger partial charge in [0.25, 0.3) is 5.95 Å². The SMILES string of the molecule is CCN(CC1CCC1)c1nc2c(cnn2CC2CC2)cc1CN(Cc1cc(C)cc(C(F)(F)F)c1)c1nnn(C)n1. The number of tetrazole rings is 1. The molecule has 0 N–H and O–H groups in total. The van der Waals surface area contributed by atoms with Gasteiger partial charge >= 0.3 is 6.18 Å². The van der Waals surface area contributed by atoms with Crippen molar-refractivity contribution in [3.8, 4) is 0 Å². The molecule has 2 aliphatic rings. The Morgan fingerprint density at radius 3 is 2.44 bits per heavy atom. The molecule has 3 heterocycles. The van der Waals surface area contributed by atoms with Crippen molar-refractivity contribution < 1.29 is 13.2 Å². The third kappa shape index (κ3) is 6.15. The fraction of sp³-hybridized carbons (Fsp3) is 0.552. The van der Waals surface area contributed by atoms with E-state index in [0.29, 0.717) is 35.5 Å².